The van der Waals surface area contributed by atoms with Gasteiger partial charge in [-0.05, 0) is 31.9 Å². The monoisotopic (exact) mass is 347 g/mol. The Labute approximate surface area is 151 Å². The first-order valence-electron chi connectivity index (χ1n) is 8.70. The lowest BCUT2D eigenvalue weighted by Crippen LogP contribution is -2.42. The Kier molecular flexibility index (Phi) is 4.05. The quantitative estimate of drug-likeness (QED) is 0.661. The van der Waals surface area contributed by atoms with Crippen molar-refractivity contribution in [2.75, 3.05) is 0 Å². The van der Waals surface area contributed by atoms with Crippen LogP contribution in [0.3, 0.4) is 0 Å². The zero-order chi connectivity index (χ0) is 18.1. The molecule has 2 heterocycles. The number of carbonyl (C=O) groups is 1. The summed E-state index contributed by atoms with van der Waals surface area (Å²) < 4.78 is 0. The molecular formula is C20H21N5O. The Balaban J connectivity index is 1.66. The van der Waals surface area contributed by atoms with Crippen LogP contribution in [0, 0.1) is 6.92 Å². The fourth-order valence-corrected chi connectivity index (χ4v) is 2.82. The average Bonchev–Trinajstić information content (AvgIpc) is 3.28. The van der Waals surface area contributed by atoms with Gasteiger partial charge in [-0.1, -0.05) is 35.9 Å². The molecule has 4 N–H and O–H groups in total. The van der Waals surface area contributed by atoms with Crippen molar-refractivity contribution < 1.29 is 4.79 Å². The molecular weight excluding hydrogens is 326 g/mol. The lowest BCUT2D eigenvalue weighted by atomic mass is 10.1. The Hall–Kier alpha value is -2.99. The van der Waals surface area contributed by atoms with E-state index in [0.29, 0.717) is 12.4 Å². The molecule has 6 nitrogen and oxygen atoms in total. The van der Waals surface area contributed by atoms with Crippen LogP contribution in [0.2, 0.25) is 0 Å². The number of imidazole rings is 1. The standard InChI is InChI=1S/C20H21N5O/c1-13-5-7-14(8-6-13)17-18(15-4-2-3-11-22-15)25-16(24-17)12-23-19(26)20(21)9-10-20/h2-8,11H,9-10,12,21H2,1H3,(H,23,26)(H,24,25). The third-order valence-corrected chi connectivity index (χ3v) is 4.66. The molecule has 0 saturated heterocycles. The first-order valence-corrected chi connectivity index (χ1v) is 8.70. The maximum atomic E-state index is 12.1. The highest BCUT2D eigenvalue weighted by Gasteiger charge is 2.45. The van der Waals surface area contributed by atoms with E-state index >= 15 is 0 Å². The van der Waals surface area contributed by atoms with Crippen molar-refractivity contribution in [3.63, 3.8) is 0 Å². The highest BCUT2D eigenvalue weighted by atomic mass is 16.2. The number of hydrogen-bond donors (Lipinski definition) is 3. The summed E-state index contributed by atoms with van der Waals surface area (Å²) in [6.45, 7) is 2.36. The summed E-state index contributed by atoms with van der Waals surface area (Å²) in [6.07, 6.45) is 3.23. The van der Waals surface area contributed by atoms with Crippen molar-refractivity contribution in [2.45, 2.75) is 31.8 Å². The number of rotatable bonds is 5. The van der Waals surface area contributed by atoms with Gasteiger partial charge in [0, 0.05) is 11.8 Å². The molecule has 132 valence electrons. The van der Waals surface area contributed by atoms with Gasteiger partial charge in [0.05, 0.1) is 29.2 Å². The van der Waals surface area contributed by atoms with Crippen molar-refractivity contribution in [1.82, 2.24) is 20.3 Å². The molecule has 0 bridgehead atoms. The molecule has 26 heavy (non-hydrogen) atoms. The number of benzene rings is 1. The summed E-state index contributed by atoms with van der Waals surface area (Å²) in [5.41, 5.74) is 9.91. The maximum absolute atomic E-state index is 12.1. The molecule has 1 aliphatic rings. The molecule has 1 fully saturated rings. The predicted octanol–water partition coefficient (Wildman–Crippen LogP) is 2.55. The molecule has 0 spiro atoms. The van der Waals surface area contributed by atoms with Crippen LogP contribution in [-0.4, -0.2) is 26.4 Å². The lowest BCUT2D eigenvalue weighted by molar-refractivity contribution is -0.123. The second-order valence-corrected chi connectivity index (χ2v) is 6.83. The van der Waals surface area contributed by atoms with Gasteiger partial charge < -0.3 is 16.0 Å². The molecule has 1 amide bonds. The van der Waals surface area contributed by atoms with Crippen molar-refractivity contribution in [1.29, 1.82) is 0 Å². The van der Waals surface area contributed by atoms with E-state index in [1.165, 1.54) is 5.56 Å². The van der Waals surface area contributed by atoms with Crippen LogP contribution >= 0.6 is 0 Å². The smallest absolute Gasteiger partial charge is 0.240 e. The van der Waals surface area contributed by atoms with Crippen molar-refractivity contribution in [2.24, 2.45) is 5.73 Å². The average molecular weight is 347 g/mol. The van der Waals surface area contributed by atoms with E-state index in [9.17, 15) is 4.79 Å². The third-order valence-electron chi connectivity index (χ3n) is 4.66. The minimum Gasteiger partial charge on any atom is -0.347 e. The van der Waals surface area contributed by atoms with Crippen LogP contribution in [0.5, 0.6) is 0 Å². The fraction of sp³-hybridized carbons (Fsp3) is 0.250. The highest BCUT2D eigenvalue weighted by molar-refractivity contribution is 5.89. The summed E-state index contributed by atoms with van der Waals surface area (Å²) in [5, 5.41) is 2.88. The van der Waals surface area contributed by atoms with Crippen molar-refractivity contribution in [3.05, 3.63) is 60.0 Å². The summed E-state index contributed by atoms with van der Waals surface area (Å²) in [7, 11) is 0. The van der Waals surface area contributed by atoms with Crippen LogP contribution in [0.25, 0.3) is 22.6 Å². The Bertz CT molecular complexity index is 927. The topological polar surface area (TPSA) is 96.7 Å². The van der Waals surface area contributed by atoms with Gasteiger partial charge in [-0.15, -0.1) is 0 Å². The number of nitrogens with zero attached hydrogens (tertiary/aromatic N) is 2. The number of H-pyrrole nitrogens is 1. The zero-order valence-corrected chi connectivity index (χ0v) is 14.6. The van der Waals surface area contributed by atoms with E-state index in [1.54, 1.807) is 6.20 Å². The second kappa shape index (κ2) is 6.38. The SMILES string of the molecule is Cc1ccc(-c2nc(CNC(=O)C3(N)CC3)[nH]c2-c2ccccn2)cc1. The molecule has 1 aromatic carbocycles. The van der Waals surface area contributed by atoms with Crippen LogP contribution in [-0.2, 0) is 11.3 Å². The normalized spacial score (nSPS) is 14.8. The van der Waals surface area contributed by atoms with Gasteiger partial charge in [-0.2, -0.15) is 0 Å². The first kappa shape index (κ1) is 16.5. The molecule has 3 aromatic rings. The van der Waals surface area contributed by atoms with E-state index in [0.717, 1.165) is 35.5 Å². The molecule has 4 rings (SSSR count). The largest absolute Gasteiger partial charge is 0.347 e. The molecule has 1 saturated carbocycles. The summed E-state index contributed by atoms with van der Waals surface area (Å²) in [5.74, 6) is 0.559. The van der Waals surface area contributed by atoms with Crippen molar-refractivity contribution in [3.8, 4) is 22.6 Å². The van der Waals surface area contributed by atoms with Gasteiger partial charge in [0.2, 0.25) is 5.91 Å². The number of carbonyl (C=O) groups excluding carboxylic acids is 1. The molecule has 1 aliphatic carbocycles. The predicted molar refractivity (Wildman–Crippen MR) is 100.0 cm³/mol. The number of amides is 1. The van der Waals surface area contributed by atoms with Gasteiger partial charge in [0.25, 0.3) is 0 Å². The van der Waals surface area contributed by atoms with E-state index in [2.05, 4.69) is 34.3 Å². The first-order chi connectivity index (χ1) is 12.5. The van der Waals surface area contributed by atoms with Crippen LogP contribution < -0.4 is 11.1 Å². The number of pyridine rings is 1. The summed E-state index contributed by atoms with van der Waals surface area (Å²) in [4.78, 5) is 24.5. The third kappa shape index (κ3) is 3.23. The van der Waals surface area contributed by atoms with E-state index < -0.39 is 5.54 Å². The van der Waals surface area contributed by atoms with Gasteiger partial charge in [0.15, 0.2) is 0 Å². The Morgan fingerprint density at radius 2 is 2.00 bits per heavy atom. The minimum absolute atomic E-state index is 0.120. The van der Waals surface area contributed by atoms with Crippen LogP contribution in [0.4, 0.5) is 0 Å². The molecule has 6 heteroatoms. The molecule has 0 aliphatic heterocycles. The van der Waals surface area contributed by atoms with Gasteiger partial charge in [0.1, 0.15) is 5.82 Å². The number of aromatic amines is 1. The van der Waals surface area contributed by atoms with E-state index in [-0.39, 0.29) is 5.91 Å². The molecule has 0 atom stereocenters. The summed E-state index contributed by atoms with van der Waals surface area (Å²) >= 11 is 0. The maximum Gasteiger partial charge on any atom is 0.240 e. The molecule has 0 radical (unpaired) electrons. The van der Waals surface area contributed by atoms with E-state index in [1.807, 2.05) is 30.3 Å². The molecule has 0 unspecified atom stereocenters. The van der Waals surface area contributed by atoms with Gasteiger partial charge in [-0.3, -0.25) is 9.78 Å². The number of hydrogen-bond acceptors (Lipinski definition) is 4. The summed E-state index contributed by atoms with van der Waals surface area (Å²) in [6, 6.07) is 13.9. The van der Waals surface area contributed by atoms with Gasteiger partial charge in [-0.25, -0.2) is 4.98 Å². The zero-order valence-electron chi connectivity index (χ0n) is 14.6. The number of nitrogens with one attached hydrogen (secondary N) is 2. The number of aryl methyl sites for hydroxylation is 1. The van der Waals surface area contributed by atoms with Crippen LogP contribution in [0.1, 0.15) is 24.2 Å². The van der Waals surface area contributed by atoms with Crippen LogP contribution in [0.15, 0.2) is 48.7 Å². The van der Waals surface area contributed by atoms with E-state index in [4.69, 9.17) is 10.7 Å². The van der Waals surface area contributed by atoms with Crippen molar-refractivity contribution >= 4 is 5.91 Å². The molecule has 2 aromatic heterocycles. The lowest BCUT2D eigenvalue weighted by Gasteiger charge is -2.08. The van der Waals surface area contributed by atoms with Gasteiger partial charge >= 0.3 is 0 Å². The Morgan fingerprint density at radius 3 is 2.65 bits per heavy atom. The minimum atomic E-state index is -0.684. The fourth-order valence-electron chi connectivity index (χ4n) is 2.82. The number of nitrogens with two attached hydrogens (primary N) is 1. The Morgan fingerprint density at radius 1 is 1.23 bits per heavy atom. The number of aromatic nitrogens is 3. The second-order valence-electron chi connectivity index (χ2n) is 6.83. The highest BCUT2D eigenvalue weighted by Crippen LogP contribution is 2.32.